The van der Waals surface area contributed by atoms with E-state index in [4.69, 9.17) is 0 Å². The molecule has 1 saturated heterocycles. The van der Waals surface area contributed by atoms with Crippen LogP contribution in [0.25, 0.3) is 11.0 Å². The monoisotopic (exact) mass is 378 g/mol. The molecule has 1 aliphatic heterocycles. The first-order valence-electron chi connectivity index (χ1n) is 9.81. The van der Waals surface area contributed by atoms with Gasteiger partial charge in [-0.2, -0.15) is 5.10 Å². The van der Waals surface area contributed by atoms with Gasteiger partial charge in [-0.05, 0) is 37.6 Å². The van der Waals surface area contributed by atoms with Crippen molar-refractivity contribution in [2.45, 2.75) is 39.2 Å². The van der Waals surface area contributed by atoms with Gasteiger partial charge in [0.15, 0.2) is 5.82 Å². The van der Waals surface area contributed by atoms with E-state index in [9.17, 15) is 4.79 Å². The second kappa shape index (κ2) is 7.58. The molecule has 3 heterocycles. The smallest absolute Gasteiger partial charge is 0.223 e. The van der Waals surface area contributed by atoms with Gasteiger partial charge in [-0.1, -0.05) is 26.0 Å². The summed E-state index contributed by atoms with van der Waals surface area (Å²) in [6.45, 7) is 7.57. The van der Waals surface area contributed by atoms with Crippen molar-refractivity contribution >= 4 is 22.8 Å². The minimum Gasteiger partial charge on any atom is -0.353 e. The minimum atomic E-state index is -0.172. The van der Waals surface area contributed by atoms with Gasteiger partial charge in [0.1, 0.15) is 5.82 Å². The SMILES string of the molecule is Cc1ccc(N2CC[C@@H](NC(=O)[C@@H](C)[C@H](C)c3nc4ccccc4[nH]3)C2)nn1. The van der Waals surface area contributed by atoms with Crippen LogP contribution in [0.15, 0.2) is 36.4 Å². The maximum atomic E-state index is 12.8. The Kier molecular flexibility index (Phi) is 4.98. The van der Waals surface area contributed by atoms with Gasteiger partial charge in [0.25, 0.3) is 0 Å². The Labute approximate surface area is 164 Å². The van der Waals surface area contributed by atoms with Crippen molar-refractivity contribution in [3.8, 4) is 0 Å². The average Bonchev–Trinajstić information content (AvgIpc) is 3.34. The van der Waals surface area contributed by atoms with Crippen molar-refractivity contribution < 1.29 is 4.79 Å². The summed E-state index contributed by atoms with van der Waals surface area (Å²) in [6.07, 6.45) is 0.910. The molecule has 7 nitrogen and oxygen atoms in total. The van der Waals surface area contributed by atoms with Gasteiger partial charge in [-0.3, -0.25) is 4.79 Å². The molecule has 0 aliphatic carbocycles. The molecule has 0 saturated carbocycles. The summed E-state index contributed by atoms with van der Waals surface area (Å²) < 4.78 is 0. The third-order valence-corrected chi connectivity index (χ3v) is 5.64. The Hall–Kier alpha value is -2.96. The summed E-state index contributed by atoms with van der Waals surface area (Å²) in [6, 6.07) is 12.0. The normalized spacial score (nSPS) is 19.0. The fraction of sp³-hybridized carbons (Fsp3) is 0.429. The van der Waals surface area contributed by atoms with Gasteiger partial charge in [-0.15, -0.1) is 5.10 Å². The molecule has 0 spiro atoms. The molecule has 4 rings (SSSR count). The van der Waals surface area contributed by atoms with E-state index in [1.54, 1.807) is 0 Å². The highest BCUT2D eigenvalue weighted by molar-refractivity contribution is 5.80. The summed E-state index contributed by atoms with van der Waals surface area (Å²) >= 11 is 0. The maximum absolute atomic E-state index is 12.8. The third-order valence-electron chi connectivity index (χ3n) is 5.64. The number of carbonyl (C=O) groups excluding carboxylic acids is 1. The molecule has 28 heavy (non-hydrogen) atoms. The van der Waals surface area contributed by atoms with Crippen molar-refractivity contribution in [3.05, 3.63) is 47.9 Å². The first-order chi connectivity index (χ1) is 13.5. The number of nitrogens with one attached hydrogen (secondary N) is 2. The molecular formula is C21H26N6O. The molecule has 1 amide bonds. The van der Waals surface area contributed by atoms with Crippen LogP contribution in [-0.4, -0.2) is 45.2 Å². The first-order valence-corrected chi connectivity index (χ1v) is 9.81. The van der Waals surface area contributed by atoms with Crippen LogP contribution in [0.3, 0.4) is 0 Å². The maximum Gasteiger partial charge on any atom is 0.223 e. The Morgan fingerprint density at radius 1 is 1.21 bits per heavy atom. The number of nitrogens with zero attached hydrogens (tertiary/aromatic N) is 4. The second-order valence-corrected chi connectivity index (χ2v) is 7.69. The highest BCUT2D eigenvalue weighted by Crippen LogP contribution is 2.25. The number of carbonyl (C=O) groups is 1. The molecule has 3 aromatic rings. The highest BCUT2D eigenvalue weighted by atomic mass is 16.2. The van der Waals surface area contributed by atoms with Crippen molar-refractivity contribution in [1.29, 1.82) is 0 Å². The second-order valence-electron chi connectivity index (χ2n) is 7.69. The van der Waals surface area contributed by atoms with E-state index >= 15 is 0 Å². The largest absolute Gasteiger partial charge is 0.353 e. The van der Waals surface area contributed by atoms with Crippen LogP contribution in [0.2, 0.25) is 0 Å². The van der Waals surface area contributed by atoms with Gasteiger partial charge < -0.3 is 15.2 Å². The van der Waals surface area contributed by atoms with E-state index in [2.05, 4.69) is 30.4 Å². The summed E-state index contributed by atoms with van der Waals surface area (Å²) in [5, 5.41) is 11.6. The predicted molar refractivity (Wildman–Crippen MR) is 109 cm³/mol. The molecule has 1 aliphatic rings. The fourth-order valence-electron chi connectivity index (χ4n) is 3.63. The topological polar surface area (TPSA) is 86.8 Å². The van der Waals surface area contributed by atoms with Crippen LogP contribution in [0.1, 0.15) is 37.7 Å². The number of aromatic amines is 1. The number of hydrogen-bond donors (Lipinski definition) is 2. The van der Waals surface area contributed by atoms with E-state index in [1.165, 1.54) is 0 Å². The van der Waals surface area contributed by atoms with Crippen molar-refractivity contribution in [2.24, 2.45) is 5.92 Å². The van der Waals surface area contributed by atoms with Gasteiger partial charge in [0.2, 0.25) is 5.91 Å². The summed E-state index contributed by atoms with van der Waals surface area (Å²) in [5.41, 5.74) is 2.84. The summed E-state index contributed by atoms with van der Waals surface area (Å²) in [7, 11) is 0. The first kappa shape index (κ1) is 18.4. The fourth-order valence-corrected chi connectivity index (χ4v) is 3.63. The van der Waals surface area contributed by atoms with Crippen LogP contribution >= 0.6 is 0 Å². The van der Waals surface area contributed by atoms with E-state index in [0.29, 0.717) is 0 Å². The number of rotatable bonds is 5. The quantitative estimate of drug-likeness (QED) is 0.713. The Morgan fingerprint density at radius 2 is 2.04 bits per heavy atom. The zero-order valence-electron chi connectivity index (χ0n) is 16.5. The average molecular weight is 378 g/mol. The molecule has 2 N–H and O–H groups in total. The molecule has 1 fully saturated rings. The number of benzene rings is 1. The molecule has 0 radical (unpaired) electrons. The van der Waals surface area contributed by atoms with Crippen LogP contribution in [-0.2, 0) is 4.79 Å². The van der Waals surface area contributed by atoms with Crippen LogP contribution in [0.5, 0.6) is 0 Å². The van der Waals surface area contributed by atoms with Crippen molar-refractivity contribution in [1.82, 2.24) is 25.5 Å². The summed E-state index contributed by atoms with van der Waals surface area (Å²) in [4.78, 5) is 23.0. The number of para-hydroxylation sites is 2. The minimum absolute atomic E-state index is 0.00729. The number of anilines is 1. The van der Waals surface area contributed by atoms with Gasteiger partial charge >= 0.3 is 0 Å². The van der Waals surface area contributed by atoms with Crippen molar-refractivity contribution in [2.75, 3.05) is 18.0 Å². The number of amides is 1. The lowest BCUT2D eigenvalue weighted by molar-refractivity contribution is -0.125. The molecular weight excluding hydrogens is 352 g/mol. The standard InChI is InChI=1S/C21H26N6O/c1-13-8-9-19(26-25-13)27-11-10-16(12-27)22-21(28)15(3)14(2)20-23-17-6-4-5-7-18(17)24-20/h4-9,14-16H,10-12H2,1-3H3,(H,22,28)(H,23,24)/t14-,15-,16+/m0/s1. The van der Waals surface area contributed by atoms with E-state index in [0.717, 1.165) is 47.9 Å². The lowest BCUT2D eigenvalue weighted by Gasteiger charge is -2.21. The lowest BCUT2D eigenvalue weighted by Crippen LogP contribution is -2.41. The van der Waals surface area contributed by atoms with Gasteiger partial charge in [0, 0.05) is 31.0 Å². The molecule has 0 unspecified atom stereocenters. The van der Waals surface area contributed by atoms with Crippen LogP contribution < -0.4 is 10.2 Å². The number of H-pyrrole nitrogens is 1. The molecule has 7 heteroatoms. The van der Waals surface area contributed by atoms with Gasteiger partial charge in [0.05, 0.1) is 16.7 Å². The molecule has 3 atom stereocenters. The van der Waals surface area contributed by atoms with E-state index in [1.807, 2.05) is 57.2 Å². The molecule has 2 aromatic heterocycles. The van der Waals surface area contributed by atoms with E-state index < -0.39 is 0 Å². The predicted octanol–water partition coefficient (Wildman–Crippen LogP) is 2.80. The van der Waals surface area contributed by atoms with Gasteiger partial charge in [-0.25, -0.2) is 4.98 Å². The molecule has 1 aromatic carbocycles. The number of aryl methyl sites for hydroxylation is 1. The zero-order valence-corrected chi connectivity index (χ0v) is 16.5. The number of imidazole rings is 1. The third kappa shape index (κ3) is 3.69. The number of fused-ring (bicyclic) bond motifs is 1. The highest BCUT2D eigenvalue weighted by Gasteiger charge is 2.29. The summed E-state index contributed by atoms with van der Waals surface area (Å²) in [5.74, 6) is 1.62. The molecule has 146 valence electrons. The Balaban J connectivity index is 1.37. The zero-order chi connectivity index (χ0) is 19.7. The van der Waals surface area contributed by atoms with Crippen LogP contribution in [0, 0.1) is 12.8 Å². The lowest BCUT2D eigenvalue weighted by atomic mass is 9.94. The van der Waals surface area contributed by atoms with Crippen LogP contribution in [0.4, 0.5) is 5.82 Å². The van der Waals surface area contributed by atoms with E-state index in [-0.39, 0.29) is 23.8 Å². The Morgan fingerprint density at radius 3 is 2.79 bits per heavy atom. The number of aromatic nitrogens is 4. The Bertz CT molecular complexity index is 933. The van der Waals surface area contributed by atoms with Crippen molar-refractivity contribution in [3.63, 3.8) is 0 Å². The molecule has 0 bridgehead atoms. The number of hydrogen-bond acceptors (Lipinski definition) is 5.